The zero-order valence-electron chi connectivity index (χ0n) is 10.4. The molecule has 0 saturated heterocycles. The molecule has 0 bridgehead atoms. The Labute approximate surface area is 98.0 Å². The van der Waals surface area contributed by atoms with Crippen molar-refractivity contribution in [3.8, 4) is 5.75 Å². The van der Waals surface area contributed by atoms with Gasteiger partial charge in [0, 0.05) is 18.6 Å². The van der Waals surface area contributed by atoms with Gasteiger partial charge in [0.2, 0.25) is 0 Å². The molecule has 3 N–H and O–H groups in total. The van der Waals surface area contributed by atoms with Crippen LogP contribution in [0.2, 0.25) is 0 Å². The van der Waals surface area contributed by atoms with Gasteiger partial charge in [0.05, 0.1) is 7.11 Å². The Morgan fingerprint density at radius 2 is 1.94 bits per heavy atom. The number of hydrogen-bond acceptors (Lipinski definition) is 3. The highest BCUT2D eigenvalue weighted by Crippen LogP contribution is 2.17. The quantitative estimate of drug-likeness (QED) is 0.774. The maximum atomic E-state index is 5.78. The molecule has 1 aromatic carbocycles. The third kappa shape index (κ3) is 3.51. The van der Waals surface area contributed by atoms with Crippen LogP contribution in [0.25, 0.3) is 0 Å². The number of rotatable bonds is 6. The molecule has 90 valence electrons. The Bertz CT molecular complexity index is 297. The maximum Gasteiger partial charge on any atom is 0.118 e. The molecule has 0 fully saturated rings. The van der Waals surface area contributed by atoms with E-state index in [0.29, 0.717) is 12.6 Å². The van der Waals surface area contributed by atoms with Gasteiger partial charge in [-0.05, 0) is 31.0 Å². The van der Waals surface area contributed by atoms with Crippen molar-refractivity contribution < 1.29 is 4.74 Å². The van der Waals surface area contributed by atoms with Crippen LogP contribution in [-0.2, 0) is 0 Å². The average Bonchev–Trinajstić information content (AvgIpc) is 2.35. The minimum Gasteiger partial charge on any atom is -0.497 e. The van der Waals surface area contributed by atoms with E-state index < -0.39 is 0 Å². The van der Waals surface area contributed by atoms with E-state index >= 15 is 0 Å². The first kappa shape index (κ1) is 13.0. The van der Waals surface area contributed by atoms with Gasteiger partial charge < -0.3 is 15.8 Å². The molecule has 1 aromatic rings. The first-order valence-corrected chi connectivity index (χ1v) is 5.81. The molecule has 0 heterocycles. The summed E-state index contributed by atoms with van der Waals surface area (Å²) in [5.41, 5.74) is 7.00. The lowest BCUT2D eigenvalue weighted by Crippen LogP contribution is -2.34. The molecule has 0 aliphatic heterocycles. The highest BCUT2D eigenvalue weighted by atomic mass is 16.5. The van der Waals surface area contributed by atoms with Crippen molar-refractivity contribution in [1.29, 1.82) is 0 Å². The van der Waals surface area contributed by atoms with E-state index in [0.717, 1.165) is 12.2 Å². The monoisotopic (exact) mass is 222 g/mol. The van der Waals surface area contributed by atoms with E-state index in [9.17, 15) is 0 Å². The van der Waals surface area contributed by atoms with Crippen LogP contribution in [0, 0.1) is 0 Å². The molecule has 1 rings (SSSR count). The summed E-state index contributed by atoms with van der Waals surface area (Å²) in [4.78, 5) is 0. The molecule has 0 aromatic heterocycles. The van der Waals surface area contributed by atoms with Crippen molar-refractivity contribution in [3.05, 3.63) is 29.8 Å². The summed E-state index contributed by atoms with van der Waals surface area (Å²) in [6.45, 7) is 4.95. The molecular formula is C13H22N2O. The van der Waals surface area contributed by atoms with Crippen molar-refractivity contribution in [1.82, 2.24) is 5.32 Å². The Kier molecular flexibility index (Phi) is 5.29. The van der Waals surface area contributed by atoms with Crippen molar-refractivity contribution in [2.24, 2.45) is 5.73 Å². The summed E-state index contributed by atoms with van der Waals surface area (Å²) in [5.74, 6) is 0.878. The highest BCUT2D eigenvalue weighted by molar-refractivity contribution is 5.29. The molecule has 2 unspecified atom stereocenters. The van der Waals surface area contributed by atoms with Gasteiger partial charge in [-0.3, -0.25) is 0 Å². The lowest BCUT2D eigenvalue weighted by Gasteiger charge is -2.21. The van der Waals surface area contributed by atoms with Crippen LogP contribution in [0.3, 0.4) is 0 Å². The predicted octanol–water partition coefficient (Wildman–Crippen LogP) is 2.08. The Hall–Kier alpha value is -1.06. The van der Waals surface area contributed by atoms with Crippen LogP contribution < -0.4 is 15.8 Å². The van der Waals surface area contributed by atoms with Crippen molar-refractivity contribution in [3.63, 3.8) is 0 Å². The highest BCUT2D eigenvalue weighted by Gasteiger charge is 2.11. The standard InChI is InChI=1S/C13H22N2O/c1-4-10(2)15-13(9-14)11-5-7-12(16-3)8-6-11/h5-8,10,13,15H,4,9,14H2,1-3H3. The Morgan fingerprint density at radius 1 is 1.31 bits per heavy atom. The van der Waals surface area contributed by atoms with Gasteiger partial charge in [-0.1, -0.05) is 19.1 Å². The molecule has 3 heteroatoms. The number of nitrogens with two attached hydrogens (primary N) is 1. The molecule has 2 atom stereocenters. The Morgan fingerprint density at radius 3 is 2.38 bits per heavy atom. The van der Waals surface area contributed by atoms with Crippen LogP contribution >= 0.6 is 0 Å². The molecular weight excluding hydrogens is 200 g/mol. The average molecular weight is 222 g/mol. The van der Waals surface area contributed by atoms with Crippen LogP contribution in [0.15, 0.2) is 24.3 Å². The maximum absolute atomic E-state index is 5.78. The van der Waals surface area contributed by atoms with Crippen LogP contribution in [0.1, 0.15) is 31.9 Å². The molecule has 0 radical (unpaired) electrons. The van der Waals surface area contributed by atoms with Gasteiger partial charge in [0.1, 0.15) is 5.75 Å². The second-order valence-electron chi connectivity index (χ2n) is 4.04. The lowest BCUT2D eigenvalue weighted by molar-refractivity contribution is 0.413. The molecule has 0 aliphatic carbocycles. The molecule has 0 spiro atoms. The SMILES string of the molecule is CCC(C)NC(CN)c1ccc(OC)cc1. The lowest BCUT2D eigenvalue weighted by atomic mass is 10.1. The van der Waals surface area contributed by atoms with Crippen LogP contribution in [0.5, 0.6) is 5.75 Å². The van der Waals surface area contributed by atoms with Crippen molar-refractivity contribution >= 4 is 0 Å². The zero-order chi connectivity index (χ0) is 12.0. The molecule has 0 aliphatic rings. The smallest absolute Gasteiger partial charge is 0.118 e. The van der Waals surface area contributed by atoms with Gasteiger partial charge in [0.25, 0.3) is 0 Å². The predicted molar refractivity (Wildman–Crippen MR) is 67.7 cm³/mol. The van der Waals surface area contributed by atoms with E-state index in [1.54, 1.807) is 7.11 Å². The second kappa shape index (κ2) is 6.51. The van der Waals surface area contributed by atoms with Crippen molar-refractivity contribution in [2.75, 3.05) is 13.7 Å². The summed E-state index contributed by atoms with van der Waals surface area (Å²) in [5, 5.41) is 3.50. The molecule has 3 nitrogen and oxygen atoms in total. The fourth-order valence-electron chi connectivity index (χ4n) is 1.60. The summed E-state index contributed by atoms with van der Waals surface area (Å²) >= 11 is 0. The summed E-state index contributed by atoms with van der Waals surface area (Å²) in [6, 6.07) is 8.76. The first-order chi connectivity index (χ1) is 7.71. The van der Waals surface area contributed by atoms with Crippen LogP contribution in [0.4, 0.5) is 0 Å². The van der Waals surface area contributed by atoms with E-state index in [1.165, 1.54) is 5.56 Å². The zero-order valence-corrected chi connectivity index (χ0v) is 10.4. The Balaban J connectivity index is 2.70. The largest absolute Gasteiger partial charge is 0.497 e. The fourth-order valence-corrected chi connectivity index (χ4v) is 1.60. The minimum absolute atomic E-state index is 0.223. The molecule has 16 heavy (non-hydrogen) atoms. The topological polar surface area (TPSA) is 47.3 Å². The number of benzene rings is 1. The van der Waals surface area contributed by atoms with Gasteiger partial charge in [-0.2, -0.15) is 0 Å². The van der Waals surface area contributed by atoms with Gasteiger partial charge in [-0.25, -0.2) is 0 Å². The van der Waals surface area contributed by atoms with E-state index in [4.69, 9.17) is 10.5 Å². The van der Waals surface area contributed by atoms with Crippen LogP contribution in [-0.4, -0.2) is 19.7 Å². The third-order valence-corrected chi connectivity index (χ3v) is 2.85. The number of hydrogen-bond donors (Lipinski definition) is 2. The van der Waals surface area contributed by atoms with E-state index in [2.05, 4.69) is 31.3 Å². The summed E-state index contributed by atoms with van der Waals surface area (Å²) in [6.07, 6.45) is 1.10. The van der Waals surface area contributed by atoms with E-state index in [1.807, 2.05) is 12.1 Å². The molecule has 0 saturated carbocycles. The number of ether oxygens (including phenoxy) is 1. The fraction of sp³-hybridized carbons (Fsp3) is 0.538. The summed E-state index contributed by atoms with van der Waals surface area (Å²) in [7, 11) is 1.67. The molecule has 0 amide bonds. The first-order valence-electron chi connectivity index (χ1n) is 5.81. The third-order valence-electron chi connectivity index (χ3n) is 2.85. The van der Waals surface area contributed by atoms with Gasteiger partial charge in [-0.15, -0.1) is 0 Å². The normalized spacial score (nSPS) is 14.5. The van der Waals surface area contributed by atoms with Crippen molar-refractivity contribution in [2.45, 2.75) is 32.4 Å². The number of methoxy groups -OCH3 is 1. The number of nitrogens with one attached hydrogen (secondary N) is 1. The second-order valence-corrected chi connectivity index (χ2v) is 4.04. The van der Waals surface area contributed by atoms with E-state index in [-0.39, 0.29) is 6.04 Å². The minimum atomic E-state index is 0.223. The summed E-state index contributed by atoms with van der Waals surface area (Å²) < 4.78 is 5.13. The van der Waals surface area contributed by atoms with Gasteiger partial charge in [0.15, 0.2) is 0 Å². The van der Waals surface area contributed by atoms with Gasteiger partial charge >= 0.3 is 0 Å².